The first-order chi connectivity index (χ1) is 17.5. The maximum atomic E-state index is 13.6. The molecule has 0 aliphatic heterocycles. The third-order valence-electron chi connectivity index (χ3n) is 7.17. The molecule has 2 aliphatic carbocycles. The van der Waals surface area contributed by atoms with Crippen molar-refractivity contribution in [3.05, 3.63) is 39.5 Å². The first-order valence-corrected chi connectivity index (χ1v) is 14.5. The van der Waals surface area contributed by atoms with Crippen LogP contribution in [0, 0.1) is 3.57 Å². The molecule has 8 heteroatoms. The fraction of sp³-hybridized carbons (Fsp3) is 0.643. The average Bonchev–Trinajstić information content (AvgIpc) is 3.40. The van der Waals surface area contributed by atoms with Crippen molar-refractivity contribution in [1.29, 1.82) is 0 Å². The lowest BCUT2D eigenvalue weighted by atomic mass is 9.87. The number of halogens is 1. The Morgan fingerprint density at radius 3 is 2.56 bits per heavy atom. The zero-order chi connectivity index (χ0) is 25.9. The lowest BCUT2D eigenvalue weighted by molar-refractivity contribution is -0.142. The topological polar surface area (TPSA) is 99.1 Å². The van der Waals surface area contributed by atoms with Crippen molar-refractivity contribution in [2.24, 2.45) is 0 Å². The minimum Gasteiger partial charge on any atom is -0.482 e. The Bertz CT molecular complexity index is 886. The Kier molecular flexibility index (Phi) is 12.0. The number of benzene rings is 1. The van der Waals surface area contributed by atoms with Crippen LogP contribution < -0.4 is 10.1 Å². The maximum Gasteiger partial charge on any atom is 0.247 e. The first-order valence-electron chi connectivity index (χ1n) is 13.5. The standard InChI is InChI=1S/C28H41IN2O5/c1-2-3-4-5-6-15-26(33)31(21-11-7-8-12-21)23-18-20(28(35)30-16-17-32)19-25(27(23)34)36-24-14-10-9-13-22(24)29/h9-10,13-14,19,21,23,25,27,32,34H,2-8,11-12,15-18H2,1H3,(H,30,35). The van der Waals surface area contributed by atoms with E-state index in [2.05, 4.69) is 34.8 Å². The molecule has 1 saturated carbocycles. The zero-order valence-electron chi connectivity index (χ0n) is 21.3. The number of hydrogen-bond donors (Lipinski definition) is 3. The highest BCUT2D eigenvalue weighted by Gasteiger charge is 2.43. The molecule has 7 nitrogen and oxygen atoms in total. The second kappa shape index (κ2) is 14.9. The molecule has 0 heterocycles. The molecule has 3 atom stereocenters. The summed E-state index contributed by atoms with van der Waals surface area (Å²) in [5.41, 5.74) is 0.480. The van der Waals surface area contributed by atoms with Gasteiger partial charge in [0.2, 0.25) is 11.8 Å². The highest BCUT2D eigenvalue weighted by molar-refractivity contribution is 14.1. The molecule has 1 aromatic rings. The summed E-state index contributed by atoms with van der Waals surface area (Å²) >= 11 is 2.19. The Hall–Kier alpha value is -1.65. The van der Waals surface area contributed by atoms with Crippen LogP contribution in [0.1, 0.15) is 77.6 Å². The van der Waals surface area contributed by atoms with Crippen LogP contribution in [0.2, 0.25) is 0 Å². The first kappa shape index (κ1) is 28.9. The highest BCUT2D eigenvalue weighted by atomic mass is 127. The van der Waals surface area contributed by atoms with Crippen LogP contribution in [0.15, 0.2) is 35.9 Å². The van der Waals surface area contributed by atoms with E-state index >= 15 is 0 Å². The van der Waals surface area contributed by atoms with E-state index in [1.54, 1.807) is 6.08 Å². The number of unbranched alkanes of at least 4 members (excludes halogenated alkanes) is 4. The predicted octanol–water partition coefficient (Wildman–Crippen LogP) is 4.34. The van der Waals surface area contributed by atoms with Crippen molar-refractivity contribution >= 4 is 34.4 Å². The number of hydrogen-bond acceptors (Lipinski definition) is 5. The second-order valence-electron chi connectivity index (χ2n) is 9.85. The highest BCUT2D eigenvalue weighted by Crippen LogP contribution is 2.34. The third-order valence-corrected chi connectivity index (χ3v) is 8.06. The molecule has 1 fully saturated rings. The number of rotatable bonds is 13. The fourth-order valence-corrected chi connectivity index (χ4v) is 5.80. The van der Waals surface area contributed by atoms with Crippen molar-refractivity contribution < 1.29 is 24.5 Å². The molecule has 0 bridgehead atoms. The van der Waals surface area contributed by atoms with Gasteiger partial charge < -0.3 is 25.2 Å². The van der Waals surface area contributed by atoms with Crippen molar-refractivity contribution in [3.63, 3.8) is 0 Å². The van der Waals surface area contributed by atoms with Gasteiger partial charge >= 0.3 is 0 Å². The molecule has 36 heavy (non-hydrogen) atoms. The molecule has 2 aliphatic rings. The second-order valence-corrected chi connectivity index (χ2v) is 11.0. The number of amides is 2. The zero-order valence-corrected chi connectivity index (χ0v) is 23.5. The van der Waals surface area contributed by atoms with Gasteiger partial charge in [-0.1, -0.05) is 57.6 Å². The largest absolute Gasteiger partial charge is 0.482 e. The van der Waals surface area contributed by atoms with E-state index in [1.165, 1.54) is 6.42 Å². The van der Waals surface area contributed by atoms with Crippen LogP contribution in [-0.4, -0.2) is 64.4 Å². The molecule has 200 valence electrons. The van der Waals surface area contributed by atoms with Crippen molar-refractivity contribution in [2.45, 2.75) is 102 Å². The van der Waals surface area contributed by atoms with Crippen molar-refractivity contribution in [1.82, 2.24) is 10.2 Å². The van der Waals surface area contributed by atoms with Gasteiger partial charge in [0.1, 0.15) is 18.0 Å². The molecular weight excluding hydrogens is 571 g/mol. The van der Waals surface area contributed by atoms with E-state index in [-0.39, 0.29) is 37.4 Å². The van der Waals surface area contributed by atoms with Gasteiger partial charge in [-0.3, -0.25) is 9.59 Å². The summed E-state index contributed by atoms with van der Waals surface area (Å²) in [6.45, 7) is 2.17. The van der Waals surface area contributed by atoms with Gasteiger partial charge in [-0.25, -0.2) is 0 Å². The van der Waals surface area contributed by atoms with E-state index in [1.807, 2.05) is 29.2 Å². The van der Waals surface area contributed by atoms with Gasteiger partial charge in [0.05, 0.1) is 16.2 Å². The summed E-state index contributed by atoms with van der Waals surface area (Å²) in [6, 6.07) is 7.09. The molecule has 2 amide bonds. The molecule has 0 saturated heterocycles. The van der Waals surface area contributed by atoms with E-state index < -0.39 is 18.2 Å². The monoisotopic (exact) mass is 612 g/mol. The number of ether oxygens (including phenoxy) is 1. The van der Waals surface area contributed by atoms with Crippen LogP contribution in [0.4, 0.5) is 0 Å². The number of para-hydroxylation sites is 1. The number of carbonyl (C=O) groups excluding carboxylic acids is 2. The molecule has 3 N–H and O–H groups in total. The number of carbonyl (C=O) groups is 2. The summed E-state index contributed by atoms with van der Waals surface area (Å²) < 4.78 is 7.13. The van der Waals surface area contributed by atoms with E-state index in [4.69, 9.17) is 4.74 Å². The number of nitrogens with one attached hydrogen (secondary N) is 1. The summed E-state index contributed by atoms with van der Waals surface area (Å²) in [5, 5.41) is 23.4. The Balaban J connectivity index is 1.85. The number of aliphatic hydroxyl groups excluding tert-OH is 2. The lowest BCUT2D eigenvalue weighted by Gasteiger charge is -2.43. The van der Waals surface area contributed by atoms with Crippen LogP contribution in [0.5, 0.6) is 5.75 Å². The minimum absolute atomic E-state index is 0.0625. The smallest absolute Gasteiger partial charge is 0.247 e. The number of aliphatic hydroxyl groups is 2. The third kappa shape index (κ3) is 7.92. The van der Waals surface area contributed by atoms with Gasteiger partial charge in [-0.05, 0) is 60.1 Å². The van der Waals surface area contributed by atoms with Crippen LogP contribution in [-0.2, 0) is 9.59 Å². The lowest BCUT2D eigenvalue weighted by Crippen LogP contribution is -2.57. The molecule has 0 spiro atoms. The Morgan fingerprint density at radius 1 is 1.14 bits per heavy atom. The Morgan fingerprint density at radius 2 is 1.86 bits per heavy atom. The van der Waals surface area contributed by atoms with Gasteiger partial charge in [0.15, 0.2) is 0 Å². The Labute approximate surface area is 228 Å². The summed E-state index contributed by atoms with van der Waals surface area (Å²) in [4.78, 5) is 28.4. The molecule has 3 rings (SSSR count). The van der Waals surface area contributed by atoms with Crippen molar-refractivity contribution in [2.75, 3.05) is 13.2 Å². The van der Waals surface area contributed by atoms with Gasteiger partial charge in [-0.2, -0.15) is 0 Å². The van der Waals surface area contributed by atoms with E-state index in [0.29, 0.717) is 17.7 Å². The summed E-state index contributed by atoms with van der Waals surface area (Å²) in [7, 11) is 0. The van der Waals surface area contributed by atoms with E-state index in [9.17, 15) is 19.8 Å². The van der Waals surface area contributed by atoms with E-state index in [0.717, 1.165) is 54.9 Å². The average molecular weight is 613 g/mol. The summed E-state index contributed by atoms with van der Waals surface area (Å²) in [5.74, 6) is 0.395. The molecule has 0 radical (unpaired) electrons. The minimum atomic E-state index is -0.958. The molecular formula is C28H41IN2O5. The van der Waals surface area contributed by atoms with Gasteiger partial charge in [0, 0.05) is 31.0 Å². The fourth-order valence-electron chi connectivity index (χ4n) is 5.29. The quantitative estimate of drug-likeness (QED) is 0.228. The van der Waals surface area contributed by atoms with Crippen LogP contribution in [0.3, 0.4) is 0 Å². The van der Waals surface area contributed by atoms with Crippen LogP contribution >= 0.6 is 22.6 Å². The summed E-state index contributed by atoms with van der Waals surface area (Å²) in [6.07, 6.45) is 9.98. The van der Waals surface area contributed by atoms with Gasteiger partial charge in [0.25, 0.3) is 0 Å². The predicted molar refractivity (Wildman–Crippen MR) is 149 cm³/mol. The molecule has 1 aromatic carbocycles. The maximum absolute atomic E-state index is 13.6. The van der Waals surface area contributed by atoms with Crippen molar-refractivity contribution in [3.8, 4) is 5.75 Å². The van der Waals surface area contributed by atoms with Gasteiger partial charge in [-0.15, -0.1) is 0 Å². The van der Waals surface area contributed by atoms with Crippen LogP contribution in [0.25, 0.3) is 0 Å². The SMILES string of the molecule is CCCCCCCC(=O)N(C1CCCC1)C1CC(C(=O)NCCO)=CC(Oc2ccccc2I)C1O. The number of nitrogens with zero attached hydrogens (tertiary/aromatic N) is 1. The normalized spacial score (nSPS) is 22.2. The molecule has 3 unspecified atom stereocenters. The molecule has 0 aromatic heterocycles.